The minimum absolute atomic E-state index is 0.216. The maximum atomic E-state index is 11.7. The van der Waals surface area contributed by atoms with Gasteiger partial charge in [0, 0.05) is 6.61 Å². The Bertz CT molecular complexity index is 262. The first-order valence-electron chi connectivity index (χ1n) is 5.68. The number of carbonyl (C=O) groups excluding carboxylic acids is 1. The molecule has 0 amide bonds. The zero-order valence-corrected chi connectivity index (χ0v) is 9.94. The van der Waals surface area contributed by atoms with Crippen LogP contribution in [0.1, 0.15) is 26.2 Å². The lowest BCUT2D eigenvalue weighted by Gasteiger charge is -2.29. The molecule has 16 heavy (non-hydrogen) atoms. The van der Waals surface area contributed by atoms with E-state index in [9.17, 15) is 9.90 Å². The van der Waals surface area contributed by atoms with E-state index >= 15 is 0 Å². The van der Waals surface area contributed by atoms with Crippen molar-refractivity contribution in [1.29, 1.82) is 0 Å². The van der Waals surface area contributed by atoms with Crippen LogP contribution in [0.4, 0.5) is 0 Å². The highest BCUT2D eigenvalue weighted by atomic mass is 16.5. The Morgan fingerprint density at radius 1 is 1.62 bits per heavy atom. The van der Waals surface area contributed by atoms with Crippen LogP contribution in [0, 0.1) is 5.41 Å². The highest BCUT2D eigenvalue weighted by Crippen LogP contribution is 2.35. The minimum atomic E-state index is -0.928. The molecule has 0 unspecified atom stereocenters. The summed E-state index contributed by atoms with van der Waals surface area (Å²) in [5, 5.41) is 9.83. The second kappa shape index (κ2) is 6.01. The van der Waals surface area contributed by atoms with E-state index in [-0.39, 0.29) is 6.61 Å². The first kappa shape index (κ1) is 13.2. The lowest BCUT2D eigenvalue weighted by molar-refractivity contribution is -0.162. The van der Waals surface area contributed by atoms with E-state index in [1.165, 1.54) is 7.11 Å². The Kier molecular flexibility index (Phi) is 4.96. The molecule has 1 N–H and O–H groups in total. The highest BCUT2D eigenvalue weighted by molar-refractivity contribution is 5.79. The molecule has 0 aromatic carbocycles. The van der Waals surface area contributed by atoms with Crippen LogP contribution < -0.4 is 0 Å². The van der Waals surface area contributed by atoms with E-state index in [1.807, 2.05) is 0 Å². The van der Waals surface area contributed by atoms with Gasteiger partial charge in [-0.2, -0.15) is 0 Å². The Morgan fingerprint density at radius 3 is 2.88 bits per heavy atom. The zero-order valence-electron chi connectivity index (χ0n) is 9.94. The Hall–Kier alpha value is -0.870. The summed E-state index contributed by atoms with van der Waals surface area (Å²) < 4.78 is 10.2. The molecule has 0 bridgehead atoms. The monoisotopic (exact) mass is 228 g/mol. The van der Waals surface area contributed by atoms with Crippen molar-refractivity contribution < 1.29 is 19.4 Å². The van der Waals surface area contributed by atoms with Crippen LogP contribution in [0.3, 0.4) is 0 Å². The van der Waals surface area contributed by atoms with E-state index in [4.69, 9.17) is 9.47 Å². The van der Waals surface area contributed by atoms with Crippen molar-refractivity contribution in [2.75, 3.05) is 20.3 Å². The van der Waals surface area contributed by atoms with E-state index in [0.717, 1.165) is 12.8 Å². The zero-order chi connectivity index (χ0) is 12.0. The number of hydrogen-bond acceptors (Lipinski definition) is 4. The maximum Gasteiger partial charge on any atom is 0.317 e. The van der Waals surface area contributed by atoms with Gasteiger partial charge in [-0.15, -0.1) is 0 Å². The molecule has 0 aromatic rings. The molecule has 4 heteroatoms. The second-order valence-corrected chi connectivity index (χ2v) is 4.13. The molecule has 1 rings (SSSR count). The van der Waals surface area contributed by atoms with Gasteiger partial charge in [0.05, 0.1) is 19.8 Å². The number of methoxy groups -OCH3 is 1. The highest BCUT2D eigenvalue weighted by Gasteiger charge is 2.47. The number of hydrogen-bond donors (Lipinski definition) is 1. The largest absolute Gasteiger partial charge is 0.468 e. The van der Waals surface area contributed by atoms with Gasteiger partial charge in [0.2, 0.25) is 0 Å². The SMILES string of the molecule is CCCCOC[C@@]1(C(=O)OC)CC=C[C@@H]1O. The van der Waals surface area contributed by atoms with Gasteiger partial charge in [0.25, 0.3) is 0 Å². The summed E-state index contributed by atoms with van der Waals surface area (Å²) in [6.45, 7) is 2.90. The lowest BCUT2D eigenvalue weighted by Crippen LogP contribution is -2.43. The molecule has 0 heterocycles. The van der Waals surface area contributed by atoms with Crippen molar-refractivity contribution >= 4 is 5.97 Å². The summed E-state index contributed by atoms with van der Waals surface area (Å²) >= 11 is 0. The minimum Gasteiger partial charge on any atom is -0.468 e. The molecule has 0 aromatic heterocycles. The molecule has 0 saturated heterocycles. The Balaban J connectivity index is 2.55. The van der Waals surface area contributed by atoms with Gasteiger partial charge in [-0.1, -0.05) is 25.5 Å². The van der Waals surface area contributed by atoms with Gasteiger partial charge in [-0.25, -0.2) is 0 Å². The third-order valence-electron chi connectivity index (χ3n) is 2.96. The number of aliphatic hydroxyl groups is 1. The standard InChI is InChI=1S/C12H20O4/c1-3-4-8-16-9-12(11(14)15-2)7-5-6-10(12)13/h5-6,10,13H,3-4,7-9H2,1-2H3/t10-,12-/m0/s1. The molecule has 0 radical (unpaired) electrons. The number of esters is 1. The third kappa shape index (κ3) is 2.62. The average Bonchev–Trinajstić information content (AvgIpc) is 2.66. The molecule has 92 valence electrons. The quantitative estimate of drug-likeness (QED) is 0.423. The molecule has 0 saturated carbocycles. The van der Waals surface area contributed by atoms with Crippen molar-refractivity contribution in [3.63, 3.8) is 0 Å². The molecular weight excluding hydrogens is 208 g/mol. The van der Waals surface area contributed by atoms with Crippen molar-refractivity contribution in [2.45, 2.75) is 32.3 Å². The fraction of sp³-hybridized carbons (Fsp3) is 0.750. The van der Waals surface area contributed by atoms with Gasteiger partial charge in [-0.05, 0) is 12.8 Å². The van der Waals surface area contributed by atoms with Crippen molar-refractivity contribution in [3.8, 4) is 0 Å². The van der Waals surface area contributed by atoms with Crippen molar-refractivity contribution in [1.82, 2.24) is 0 Å². The van der Waals surface area contributed by atoms with Crippen molar-refractivity contribution in [2.24, 2.45) is 5.41 Å². The van der Waals surface area contributed by atoms with Gasteiger partial charge in [0.1, 0.15) is 5.41 Å². The number of allylic oxidation sites excluding steroid dienone is 1. The predicted octanol–water partition coefficient (Wildman–Crippen LogP) is 1.28. The number of rotatable bonds is 6. The summed E-state index contributed by atoms with van der Waals surface area (Å²) in [5.41, 5.74) is -0.928. The van der Waals surface area contributed by atoms with Crippen LogP contribution in [0.25, 0.3) is 0 Å². The fourth-order valence-electron chi connectivity index (χ4n) is 1.82. The van der Waals surface area contributed by atoms with Gasteiger partial charge >= 0.3 is 5.97 Å². The topological polar surface area (TPSA) is 55.8 Å². The Morgan fingerprint density at radius 2 is 2.38 bits per heavy atom. The van der Waals surface area contributed by atoms with Crippen LogP contribution in [-0.4, -0.2) is 37.5 Å². The summed E-state index contributed by atoms with van der Waals surface area (Å²) in [6, 6.07) is 0. The first-order chi connectivity index (χ1) is 7.67. The average molecular weight is 228 g/mol. The molecule has 2 atom stereocenters. The van der Waals surface area contributed by atoms with Gasteiger partial charge in [-0.3, -0.25) is 4.79 Å². The Labute approximate surface area is 96.2 Å². The van der Waals surface area contributed by atoms with Crippen LogP contribution in [0.2, 0.25) is 0 Å². The number of aliphatic hydroxyl groups excluding tert-OH is 1. The number of ether oxygens (including phenoxy) is 2. The second-order valence-electron chi connectivity index (χ2n) is 4.13. The van der Waals surface area contributed by atoms with Crippen LogP contribution in [0.5, 0.6) is 0 Å². The number of unbranched alkanes of at least 4 members (excludes halogenated alkanes) is 1. The summed E-state index contributed by atoms with van der Waals surface area (Å²) in [7, 11) is 1.33. The van der Waals surface area contributed by atoms with E-state index in [1.54, 1.807) is 12.2 Å². The summed E-state index contributed by atoms with van der Waals surface area (Å²) in [5.74, 6) is -0.401. The molecule has 0 spiro atoms. The summed E-state index contributed by atoms with van der Waals surface area (Å²) in [4.78, 5) is 11.7. The smallest absolute Gasteiger partial charge is 0.317 e. The van der Waals surface area contributed by atoms with E-state index < -0.39 is 17.5 Å². The fourth-order valence-corrected chi connectivity index (χ4v) is 1.82. The first-order valence-corrected chi connectivity index (χ1v) is 5.68. The van der Waals surface area contributed by atoms with Crippen molar-refractivity contribution in [3.05, 3.63) is 12.2 Å². The van der Waals surface area contributed by atoms with Crippen LogP contribution in [0.15, 0.2) is 12.2 Å². The van der Waals surface area contributed by atoms with E-state index in [0.29, 0.717) is 13.0 Å². The normalized spacial score (nSPS) is 28.3. The summed E-state index contributed by atoms with van der Waals surface area (Å²) in [6.07, 6.45) is 5.10. The van der Waals surface area contributed by atoms with Gasteiger partial charge < -0.3 is 14.6 Å². The third-order valence-corrected chi connectivity index (χ3v) is 2.96. The lowest BCUT2D eigenvalue weighted by atomic mass is 9.84. The van der Waals surface area contributed by atoms with Crippen LogP contribution in [-0.2, 0) is 14.3 Å². The van der Waals surface area contributed by atoms with Crippen LogP contribution >= 0.6 is 0 Å². The molecular formula is C12H20O4. The molecule has 0 fully saturated rings. The molecule has 1 aliphatic carbocycles. The maximum absolute atomic E-state index is 11.7. The van der Waals surface area contributed by atoms with E-state index in [2.05, 4.69) is 6.92 Å². The number of carbonyl (C=O) groups is 1. The molecule has 0 aliphatic heterocycles. The molecule has 1 aliphatic rings. The predicted molar refractivity (Wildman–Crippen MR) is 59.9 cm³/mol. The molecule has 4 nitrogen and oxygen atoms in total. The van der Waals surface area contributed by atoms with Gasteiger partial charge in [0.15, 0.2) is 0 Å².